The fourth-order valence-electron chi connectivity index (χ4n) is 0.475. The van der Waals surface area contributed by atoms with E-state index in [-0.39, 0.29) is 12.6 Å². The normalized spacial score (nSPS) is 8.62. The predicted molar refractivity (Wildman–Crippen MR) is 53.8 cm³/mol. The monoisotopic (exact) mass is 191 g/mol. The van der Waals surface area contributed by atoms with E-state index in [2.05, 4.69) is 0 Å². The fraction of sp³-hybridized carbons (Fsp3) is 0.875. The highest BCUT2D eigenvalue weighted by Crippen LogP contribution is 1.74. The first-order valence-electron chi connectivity index (χ1n) is 4.33. The second-order valence-electron chi connectivity index (χ2n) is 2.31. The van der Waals surface area contributed by atoms with Crippen LogP contribution in [0.2, 0.25) is 0 Å². The third-order valence-corrected chi connectivity index (χ3v) is 1.25. The van der Waals surface area contributed by atoms with E-state index in [4.69, 9.17) is 21.0 Å². The SMILES string of the molecule is CCOCC.CN(CCO)C(=N)N. The van der Waals surface area contributed by atoms with Gasteiger partial charge in [0.25, 0.3) is 0 Å². The van der Waals surface area contributed by atoms with Crippen LogP contribution in [0.4, 0.5) is 0 Å². The summed E-state index contributed by atoms with van der Waals surface area (Å²) in [6.07, 6.45) is 0. The van der Waals surface area contributed by atoms with Gasteiger partial charge in [0.15, 0.2) is 5.96 Å². The Labute approximate surface area is 80.0 Å². The molecule has 4 N–H and O–H groups in total. The Kier molecular flexibility index (Phi) is 12.7. The van der Waals surface area contributed by atoms with Gasteiger partial charge in [-0.3, -0.25) is 5.41 Å². The smallest absolute Gasteiger partial charge is 0.188 e. The maximum absolute atomic E-state index is 8.29. The Balaban J connectivity index is 0. The van der Waals surface area contributed by atoms with Crippen LogP contribution >= 0.6 is 0 Å². The van der Waals surface area contributed by atoms with E-state index < -0.39 is 0 Å². The number of hydrogen-bond donors (Lipinski definition) is 3. The van der Waals surface area contributed by atoms with E-state index in [1.54, 1.807) is 7.05 Å². The molecule has 0 aliphatic heterocycles. The molecule has 0 amide bonds. The van der Waals surface area contributed by atoms with Gasteiger partial charge in [0, 0.05) is 26.8 Å². The number of nitrogens with zero attached hydrogens (tertiary/aromatic N) is 1. The number of aliphatic hydroxyl groups is 1. The second kappa shape index (κ2) is 11.2. The molecule has 0 spiro atoms. The molecular weight excluding hydrogens is 170 g/mol. The van der Waals surface area contributed by atoms with Crippen LogP contribution in [0.5, 0.6) is 0 Å². The van der Waals surface area contributed by atoms with Gasteiger partial charge in [-0.2, -0.15) is 0 Å². The molecule has 80 valence electrons. The highest BCUT2D eigenvalue weighted by molar-refractivity contribution is 5.74. The summed E-state index contributed by atoms with van der Waals surface area (Å²) in [6.45, 7) is 6.13. The quantitative estimate of drug-likeness (QED) is 0.426. The molecule has 0 atom stereocenters. The average Bonchev–Trinajstić information content (AvgIpc) is 2.07. The topological polar surface area (TPSA) is 82.6 Å². The minimum Gasteiger partial charge on any atom is -0.395 e. The Morgan fingerprint density at radius 2 is 1.92 bits per heavy atom. The maximum atomic E-state index is 8.29. The fourth-order valence-corrected chi connectivity index (χ4v) is 0.475. The largest absolute Gasteiger partial charge is 0.395 e. The second-order valence-corrected chi connectivity index (χ2v) is 2.31. The van der Waals surface area contributed by atoms with Crippen LogP contribution in [0.15, 0.2) is 0 Å². The summed E-state index contributed by atoms with van der Waals surface area (Å²) in [6, 6.07) is 0. The highest BCUT2D eigenvalue weighted by Gasteiger charge is 1.94. The molecule has 0 bridgehead atoms. The zero-order chi connectivity index (χ0) is 10.7. The van der Waals surface area contributed by atoms with Crippen molar-refractivity contribution in [1.29, 1.82) is 5.41 Å². The number of nitrogens with one attached hydrogen (secondary N) is 1. The molecule has 0 aliphatic rings. The van der Waals surface area contributed by atoms with Crippen LogP contribution in [-0.2, 0) is 4.74 Å². The van der Waals surface area contributed by atoms with Crippen molar-refractivity contribution in [3.8, 4) is 0 Å². The molecule has 0 aromatic rings. The molecule has 13 heavy (non-hydrogen) atoms. The van der Waals surface area contributed by atoms with Gasteiger partial charge in [0.05, 0.1) is 6.61 Å². The van der Waals surface area contributed by atoms with Gasteiger partial charge < -0.3 is 20.5 Å². The third-order valence-electron chi connectivity index (χ3n) is 1.25. The van der Waals surface area contributed by atoms with E-state index in [0.29, 0.717) is 6.54 Å². The van der Waals surface area contributed by atoms with E-state index in [1.165, 1.54) is 4.90 Å². The molecule has 0 aliphatic carbocycles. The Morgan fingerprint density at radius 1 is 1.46 bits per heavy atom. The summed E-state index contributed by atoms with van der Waals surface area (Å²) in [5, 5.41) is 15.1. The van der Waals surface area contributed by atoms with Crippen LogP contribution in [-0.4, -0.2) is 49.4 Å². The van der Waals surface area contributed by atoms with Crippen molar-refractivity contribution < 1.29 is 9.84 Å². The van der Waals surface area contributed by atoms with Crippen molar-refractivity contribution in [1.82, 2.24) is 4.90 Å². The van der Waals surface area contributed by atoms with E-state index in [9.17, 15) is 0 Å². The molecule has 0 fully saturated rings. The highest BCUT2D eigenvalue weighted by atomic mass is 16.5. The number of aliphatic hydroxyl groups excluding tert-OH is 1. The van der Waals surface area contributed by atoms with Crippen molar-refractivity contribution in [3.63, 3.8) is 0 Å². The van der Waals surface area contributed by atoms with Crippen molar-refractivity contribution in [2.45, 2.75) is 13.8 Å². The summed E-state index contributed by atoms with van der Waals surface area (Å²) in [5.41, 5.74) is 5.02. The lowest BCUT2D eigenvalue weighted by Gasteiger charge is -2.13. The Morgan fingerprint density at radius 3 is 2.00 bits per heavy atom. The molecule has 5 heteroatoms. The van der Waals surface area contributed by atoms with Crippen LogP contribution < -0.4 is 5.73 Å². The van der Waals surface area contributed by atoms with Crippen LogP contribution in [0.3, 0.4) is 0 Å². The van der Waals surface area contributed by atoms with Gasteiger partial charge in [-0.05, 0) is 13.8 Å². The first-order chi connectivity index (χ1) is 6.09. The lowest BCUT2D eigenvalue weighted by molar-refractivity contribution is 0.162. The zero-order valence-electron chi connectivity index (χ0n) is 8.71. The number of likely N-dealkylation sites (N-methyl/N-ethyl adjacent to an activating group) is 1. The molecule has 0 unspecified atom stereocenters. The average molecular weight is 191 g/mol. The molecule has 0 saturated carbocycles. The molecule has 0 saturated heterocycles. The van der Waals surface area contributed by atoms with Gasteiger partial charge >= 0.3 is 0 Å². The van der Waals surface area contributed by atoms with Gasteiger partial charge in [-0.25, -0.2) is 0 Å². The van der Waals surface area contributed by atoms with Crippen molar-refractivity contribution in [3.05, 3.63) is 0 Å². The number of hydrogen-bond acceptors (Lipinski definition) is 3. The van der Waals surface area contributed by atoms with E-state index in [1.807, 2.05) is 13.8 Å². The summed E-state index contributed by atoms with van der Waals surface area (Å²) >= 11 is 0. The number of rotatable bonds is 4. The van der Waals surface area contributed by atoms with Gasteiger partial charge in [0.2, 0.25) is 0 Å². The molecular formula is C8H21N3O2. The molecule has 0 radical (unpaired) electrons. The Bertz CT molecular complexity index is 118. The number of nitrogens with two attached hydrogens (primary N) is 1. The molecule has 0 aromatic carbocycles. The molecule has 0 heterocycles. The minimum atomic E-state index is -0.0148. The standard InChI is InChI=1S/C4H11N3O.C4H10O/c1-7(2-3-8)4(5)6;1-3-5-4-2/h8H,2-3H2,1H3,(H3,5,6);3-4H2,1-2H3. The van der Waals surface area contributed by atoms with Gasteiger partial charge in [-0.1, -0.05) is 0 Å². The zero-order valence-corrected chi connectivity index (χ0v) is 8.71. The first-order valence-corrected chi connectivity index (χ1v) is 4.33. The minimum absolute atomic E-state index is 0.0148. The number of guanidine groups is 1. The summed E-state index contributed by atoms with van der Waals surface area (Å²) in [4.78, 5) is 1.46. The van der Waals surface area contributed by atoms with Crippen LogP contribution in [0, 0.1) is 5.41 Å². The van der Waals surface area contributed by atoms with Crippen molar-refractivity contribution in [2.24, 2.45) is 5.73 Å². The van der Waals surface area contributed by atoms with Gasteiger partial charge in [0.1, 0.15) is 0 Å². The molecule has 5 nitrogen and oxygen atoms in total. The van der Waals surface area contributed by atoms with Crippen molar-refractivity contribution >= 4 is 5.96 Å². The lowest BCUT2D eigenvalue weighted by atomic mass is 10.6. The predicted octanol–water partition coefficient (Wildman–Crippen LogP) is -0.153. The third kappa shape index (κ3) is 14.1. The first kappa shape index (κ1) is 14.7. The molecule has 0 aromatic heterocycles. The molecule has 0 rings (SSSR count). The summed E-state index contributed by atoms with van der Waals surface area (Å²) in [5.74, 6) is -0.0148. The lowest BCUT2D eigenvalue weighted by Crippen LogP contribution is -2.34. The maximum Gasteiger partial charge on any atom is 0.188 e. The Hall–Kier alpha value is -0.810. The van der Waals surface area contributed by atoms with Crippen molar-refractivity contribution in [2.75, 3.05) is 33.4 Å². The van der Waals surface area contributed by atoms with Gasteiger partial charge in [-0.15, -0.1) is 0 Å². The van der Waals surface area contributed by atoms with E-state index in [0.717, 1.165) is 13.2 Å². The summed E-state index contributed by atoms with van der Waals surface area (Å²) in [7, 11) is 1.65. The van der Waals surface area contributed by atoms with E-state index >= 15 is 0 Å². The number of ether oxygens (including phenoxy) is 1. The summed E-state index contributed by atoms with van der Waals surface area (Å²) < 4.78 is 4.83. The van der Waals surface area contributed by atoms with Crippen LogP contribution in [0.25, 0.3) is 0 Å². The van der Waals surface area contributed by atoms with Crippen LogP contribution in [0.1, 0.15) is 13.8 Å².